The monoisotopic (exact) mass is 548 g/mol. The Kier molecular flexibility index (Phi) is 14.3. The predicted molar refractivity (Wildman–Crippen MR) is 156 cm³/mol. The maximum absolute atomic E-state index is 12.4. The molecule has 0 aromatic rings. The van der Waals surface area contributed by atoms with E-state index in [0.29, 0.717) is 5.92 Å². The van der Waals surface area contributed by atoms with Crippen LogP contribution in [0.5, 0.6) is 0 Å². The Hall–Kier alpha value is -1.66. The van der Waals surface area contributed by atoms with Crippen molar-refractivity contribution in [2.75, 3.05) is 13.2 Å². The zero-order chi connectivity index (χ0) is 29.0. The average Bonchev–Trinajstić information content (AvgIpc) is 2.91. The predicted octanol–water partition coefficient (Wildman–Crippen LogP) is 6.93. The normalized spacial score (nSPS) is 25.4. The second-order valence-corrected chi connectivity index (χ2v) is 12.9. The molecule has 0 spiro atoms. The van der Waals surface area contributed by atoms with E-state index in [0.717, 1.165) is 30.6 Å². The molecule has 0 heterocycles. The first-order valence-electron chi connectivity index (χ1n) is 15.5. The van der Waals surface area contributed by atoms with Crippen LogP contribution in [0.25, 0.3) is 0 Å². The molecule has 0 aliphatic heterocycles. The molecule has 0 aromatic heterocycles. The molecule has 2 N–H and O–H groups in total. The zero-order valence-corrected chi connectivity index (χ0v) is 25.2. The third-order valence-electron chi connectivity index (χ3n) is 9.30. The van der Waals surface area contributed by atoms with Crippen LogP contribution in [-0.4, -0.2) is 47.1 Å². The average molecular weight is 549 g/mol. The SMILES string of the molecule is C=C(C(=O)OCC(CCC1CCC(C2CCC(CCCCC)CC2)CC1)COC(=O)C(=C)C(C)(C)O)C(C)O. The van der Waals surface area contributed by atoms with Crippen molar-refractivity contribution in [3.8, 4) is 0 Å². The lowest BCUT2D eigenvalue weighted by atomic mass is 9.68. The summed E-state index contributed by atoms with van der Waals surface area (Å²) in [5.41, 5.74) is -1.36. The highest BCUT2D eigenvalue weighted by Gasteiger charge is 2.31. The van der Waals surface area contributed by atoms with Gasteiger partial charge in [-0.2, -0.15) is 0 Å². The smallest absolute Gasteiger partial charge is 0.336 e. The maximum Gasteiger partial charge on any atom is 0.336 e. The van der Waals surface area contributed by atoms with E-state index in [1.807, 2.05) is 0 Å². The van der Waals surface area contributed by atoms with Crippen LogP contribution >= 0.6 is 0 Å². The second kappa shape index (κ2) is 16.6. The van der Waals surface area contributed by atoms with Crippen LogP contribution in [0, 0.1) is 29.6 Å². The minimum Gasteiger partial charge on any atom is -0.462 e. The molecule has 2 saturated carbocycles. The van der Waals surface area contributed by atoms with E-state index in [-0.39, 0.29) is 30.3 Å². The highest BCUT2D eigenvalue weighted by atomic mass is 16.5. The molecule has 2 unspecified atom stereocenters. The van der Waals surface area contributed by atoms with Gasteiger partial charge in [-0.15, -0.1) is 0 Å². The van der Waals surface area contributed by atoms with Gasteiger partial charge in [-0.25, -0.2) is 9.59 Å². The van der Waals surface area contributed by atoms with Gasteiger partial charge in [0.05, 0.1) is 36.1 Å². The number of ether oxygens (including phenoxy) is 2. The summed E-state index contributed by atoms with van der Waals surface area (Å²) in [6.07, 6.45) is 17.1. The summed E-state index contributed by atoms with van der Waals surface area (Å²) in [7, 11) is 0. The molecule has 0 amide bonds. The van der Waals surface area contributed by atoms with E-state index in [4.69, 9.17) is 9.47 Å². The van der Waals surface area contributed by atoms with Gasteiger partial charge in [-0.3, -0.25) is 0 Å². The number of aliphatic hydroxyl groups excluding tert-OH is 1. The summed E-state index contributed by atoms with van der Waals surface area (Å²) in [5.74, 6) is 1.92. The highest BCUT2D eigenvalue weighted by molar-refractivity contribution is 5.89. The molecule has 39 heavy (non-hydrogen) atoms. The van der Waals surface area contributed by atoms with E-state index >= 15 is 0 Å². The topological polar surface area (TPSA) is 93.1 Å². The van der Waals surface area contributed by atoms with Gasteiger partial charge in [-0.1, -0.05) is 71.4 Å². The van der Waals surface area contributed by atoms with E-state index < -0.39 is 23.6 Å². The lowest BCUT2D eigenvalue weighted by Gasteiger charge is -2.38. The van der Waals surface area contributed by atoms with E-state index in [9.17, 15) is 19.8 Å². The Morgan fingerprint density at radius 2 is 1.33 bits per heavy atom. The van der Waals surface area contributed by atoms with Crippen molar-refractivity contribution >= 4 is 11.9 Å². The Morgan fingerprint density at radius 1 is 0.846 bits per heavy atom. The lowest BCUT2D eigenvalue weighted by molar-refractivity contribution is -0.146. The summed E-state index contributed by atoms with van der Waals surface area (Å²) in [4.78, 5) is 24.6. The quantitative estimate of drug-likeness (QED) is 0.123. The fourth-order valence-electron chi connectivity index (χ4n) is 6.25. The minimum absolute atomic E-state index is 0.00552. The molecule has 6 heteroatoms. The summed E-state index contributed by atoms with van der Waals surface area (Å²) in [6, 6.07) is 0. The number of carbonyl (C=O) groups is 2. The van der Waals surface area contributed by atoms with Crippen LogP contribution in [0.4, 0.5) is 0 Å². The Labute approximate surface area is 237 Å². The molecule has 0 radical (unpaired) electrons. The standard InChI is InChI=1S/C33H56O6/c1-7-8-9-10-26-13-17-29(18-14-26)30-19-15-27(16-20-30)11-12-28(21-38-31(35)23(2)25(4)34)22-39-32(36)24(3)33(5,6)37/h25-30,34,37H,2-3,7-22H2,1,4-6H3. The van der Waals surface area contributed by atoms with Crippen LogP contribution in [0.1, 0.15) is 118 Å². The molecule has 2 aliphatic rings. The van der Waals surface area contributed by atoms with Gasteiger partial charge in [0.25, 0.3) is 0 Å². The molecular weight excluding hydrogens is 492 g/mol. The summed E-state index contributed by atoms with van der Waals surface area (Å²) >= 11 is 0. The first-order valence-corrected chi connectivity index (χ1v) is 15.5. The molecule has 0 bridgehead atoms. The number of hydrogen-bond donors (Lipinski definition) is 2. The van der Waals surface area contributed by atoms with E-state index in [1.165, 1.54) is 97.8 Å². The van der Waals surface area contributed by atoms with Crippen molar-refractivity contribution in [1.82, 2.24) is 0 Å². The number of rotatable bonds is 16. The summed E-state index contributed by atoms with van der Waals surface area (Å²) < 4.78 is 10.8. The maximum atomic E-state index is 12.4. The van der Waals surface area contributed by atoms with Crippen molar-refractivity contribution in [3.05, 3.63) is 24.3 Å². The molecule has 2 atom stereocenters. The zero-order valence-electron chi connectivity index (χ0n) is 25.2. The van der Waals surface area contributed by atoms with Crippen molar-refractivity contribution in [2.24, 2.45) is 29.6 Å². The van der Waals surface area contributed by atoms with Crippen LogP contribution < -0.4 is 0 Å². The minimum atomic E-state index is -1.36. The number of hydrogen-bond acceptors (Lipinski definition) is 6. The first-order chi connectivity index (χ1) is 18.4. The Balaban J connectivity index is 1.80. The summed E-state index contributed by atoms with van der Waals surface area (Å²) in [5, 5.41) is 19.7. The third-order valence-corrected chi connectivity index (χ3v) is 9.30. The number of aliphatic hydroxyl groups is 2. The molecule has 6 nitrogen and oxygen atoms in total. The van der Waals surface area contributed by atoms with Crippen molar-refractivity contribution < 1.29 is 29.3 Å². The second-order valence-electron chi connectivity index (χ2n) is 12.9. The fraction of sp³-hybridized carbons (Fsp3) is 0.818. The molecule has 2 aliphatic carbocycles. The van der Waals surface area contributed by atoms with Crippen LogP contribution in [0.15, 0.2) is 24.3 Å². The molecule has 2 fully saturated rings. The molecule has 0 aromatic carbocycles. The molecule has 2 rings (SSSR count). The number of unbranched alkanes of at least 4 members (excludes halogenated alkanes) is 2. The van der Waals surface area contributed by atoms with Crippen molar-refractivity contribution in [2.45, 2.75) is 129 Å². The molecular formula is C33H56O6. The molecule has 0 saturated heterocycles. The largest absolute Gasteiger partial charge is 0.462 e. The van der Waals surface area contributed by atoms with Gasteiger partial charge in [-0.05, 0) is 83.0 Å². The van der Waals surface area contributed by atoms with Gasteiger partial charge in [0.1, 0.15) is 0 Å². The number of esters is 2. The van der Waals surface area contributed by atoms with Gasteiger partial charge in [0.15, 0.2) is 0 Å². The van der Waals surface area contributed by atoms with Gasteiger partial charge < -0.3 is 19.7 Å². The van der Waals surface area contributed by atoms with Crippen LogP contribution in [0.2, 0.25) is 0 Å². The Bertz CT molecular complexity index is 779. The lowest BCUT2D eigenvalue weighted by Crippen LogP contribution is -2.30. The molecule has 224 valence electrons. The first kappa shape index (κ1) is 33.5. The van der Waals surface area contributed by atoms with Gasteiger partial charge in [0, 0.05) is 5.92 Å². The van der Waals surface area contributed by atoms with Crippen LogP contribution in [-0.2, 0) is 19.1 Å². The highest BCUT2D eigenvalue weighted by Crippen LogP contribution is 2.43. The number of carbonyl (C=O) groups excluding carboxylic acids is 2. The fourth-order valence-corrected chi connectivity index (χ4v) is 6.25. The van der Waals surface area contributed by atoms with E-state index in [1.54, 1.807) is 0 Å². The van der Waals surface area contributed by atoms with Crippen molar-refractivity contribution in [1.29, 1.82) is 0 Å². The third kappa shape index (κ3) is 11.8. The van der Waals surface area contributed by atoms with Crippen LogP contribution in [0.3, 0.4) is 0 Å². The van der Waals surface area contributed by atoms with E-state index in [2.05, 4.69) is 20.1 Å². The van der Waals surface area contributed by atoms with Crippen molar-refractivity contribution in [3.63, 3.8) is 0 Å². The Morgan fingerprint density at radius 3 is 1.79 bits per heavy atom. The van der Waals surface area contributed by atoms with Gasteiger partial charge >= 0.3 is 11.9 Å². The summed E-state index contributed by atoms with van der Waals surface area (Å²) in [6.45, 7) is 14.2. The van der Waals surface area contributed by atoms with Gasteiger partial charge in [0.2, 0.25) is 0 Å².